The van der Waals surface area contributed by atoms with Crippen molar-refractivity contribution >= 4 is 5.91 Å². The number of hydrogen-bond acceptors (Lipinski definition) is 3. The van der Waals surface area contributed by atoms with Crippen LogP contribution >= 0.6 is 0 Å². The van der Waals surface area contributed by atoms with Gasteiger partial charge in [-0.25, -0.2) is 0 Å². The number of aryl methyl sites for hydroxylation is 4. The van der Waals surface area contributed by atoms with E-state index in [2.05, 4.69) is 28.7 Å². The molecule has 1 aromatic heterocycles. The lowest BCUT2D eigenvalue weighted by Gasteiger charge is -2.17. The highest BCUT2D eigenvalue weighted by atomic mass is 16.5. The van der Waals surface area contributed by atoms with Gasteiger partial charge in [0, 0.05) is 0 Å². The lowest BCUT2D eigenvalue weighted by Crippen LogP contribution is -2.28. The van der Waals surface area contributed by atoms with Crippen LogP contribution in [0.2, 0.25) is 0 Å². The summed E-state index contributed by atoms with van der Waals surface area (Å²) in [6.07, 6.45) is 0. The van der Waals surface area contributed by atoms with E-state index >= 15 is 0 Å². The molecule has 4 nitrogen and oxygen atoms in total. The van der Waals surface area contributed by atoms with Crippen molar-refractivity contribution in [1.82, 2.24) is 10.5 Å². The van der Waals surface area contributed by atoms with Crippen molar-refractivity contribution in [2.75, 3.05) is 0 Å². The van der Waals surface area contributed by atoms with Crippen molar-refractivity contribution in [1.29, 1.82) is 0 Å². The molecule has 1 amide bonds. The number of hydrogen-bond donors (Lipinski definition) is 1. The number of benzene rings is 1. The summed E-state index contributed by atoms with van der Waals surface area (Å²) in [6.45, 7) is 9.60. The van der Waals surface area contributed by atoms with Crippen LogP contribution in [0.4, 0.5) is 0 Å². The summed E-state index contributed by atoms with van der Waals surface area (Å²) >= 11 is 0. The fraction of sp³-hybridized carbons (Fsp3) is 0.375. The number of nitrogens with one attached hydrogen (secondary N) is 1. The minimum absolute atomic E-state index is 0.0592. The molecule has 0 bridgehead atoms. The number of carbonyl (C=O) groups excluding carboxylic acids is 1. The molecule has 106 valence electrons. The first kappa shape index (κ1) is 14.3. The Morgan fingerprint density at radius 3 is 2.55 bits per heavy atom. The lowest BCUT2D eigenvalue weighted by molar-refractivity contribution is 0.0937. The molecule has 1 heterocycles. The van der Waals surface area contributed by atoms with E-state index in [9.17, 15) is 4.79 Å². The van der Waals surface area contributed by atoms with Crippen molar-refractivity contribution < 1.29 is 9.32 Å². The second kappa shape index (κ2) is 5.49. The van der Waals surface area contributed by atoms with Crippen LogP contribution in [0, 0.1) is 27.7 Å². The highest BCUT2D eigenvalue weighted by Crippen LogP contribution is 2.20. The van der Waals surface area contributed by atoms with Gasteiger partial charge in [-0.15, -0.1) is 0 Å². The standard InChI is InChI=1S/C16H20N2O2/c1-9-6-7-10(2)14(8-9)11(3)17-16(19)15-12(4)18-20-13(15)5/h6-8,11H,1-5H3,(H,17,19). The molecule has 0 spiro atoms. The maximum Gasteiger partial charge on any atom is 0.257 e. The topological polar surface area (TPSA) is 55.1 Å². The van der Waals surface area contributed by atoms with Crippen LogP contribution in [0.3, 0.4) is 0 Å². The Hall–Kier alpha value is -2.10. The van der Waals surface area contributed by atoms with Gasteiger partial charge in [0.2, 0.25) is 0 Å². The first-order chi connectivity index (χ1) is 9.40. The van der Waals surface area contributed by atoms with Crippen LogP contribution < -0.4 is 5.32 Å². The molecule has 0 aliphatic heterocycles. The number of rotatable bonds is 3. The molecule has 2 rings (SSSR count). The van der Waals surface area contributed by atoms with Crippen molar-refractivity contribution in [3.63, 3.8) is 0 Å². The molecule has 4 heteroatoms. The van der Waals surface area contributed by atoms with Gasteiger partial charge in [0.15, 0.2) is 0 Å². The van der Waals surface area contributed by atoms with Gasteiger partial charge in [0.1, 0.15) is 11.3 Å². The second-order valence-corrected chi connectivity index (χ2v) is 5.25. The molecular weight excluding hydrogens is 252 g/mol. The summed E-state index contributed by atoms with van der Waals surface area (Å²) in [4.78, 5) is 12.3. The average molecular weight is 272 g/mol. The van der Waals surface area contributed by atoms with Crippen molar-refractivity contribution in [3.05, 3.63) is 51.9 Å². The van der Waals surface area contributed by atoms with E-state index in [1.165, 1.54) is 11.1 Å². The third-order valence-corrected chi connectivity index (χ3v) is 3.51. The van der Waals surface area contributed by atoms with Gasteiger partial charge in [-0.05, 0) is 45.7 Å². The summed E-state index contributed by atoms with van der Waals surface area (Å²) in [5.74, 6) is 0.405. The minimum Gasteiger partial charge on any atom is -0.361 e. The SMILES string of the molecule is Cc1ccc(C)c(C(C)NC(=O)c2c(C)noc2C)c1. The van der Waals surface area contributed by atoms with Crippen LogP contribution in [-0.2, 0) is 0 Å². The molecule has 1 N–H and O–H groups in total. The second-order valence-electron chi connectivity index (χ2n) is 5.25. The van der Waals surface area contributed by atoms with Crippen LogP contribution in [-0.4, -0.2) is 11.1 Å². The molecule has 0 saturated heterocycles. The molecule has 1 aromatic carbocycles. The Balaban J connectivity index is 2.22. The van der Waals surface area contributed by atoms with E-state index in [0.29, 0.717) is 17.0 Å². The summed E-state index contributed by atoms with van der Waals surface area (Å²) in [5.41, 5.74) is 4.63. The van der Waals surface area contributed by atoms with E-state index in [1.54, 1.807) is 13.8 Å². The van der Waals surface area contributed by atoms with Gasteiger partial charge < -0.3 is 9.84 Å². The third-order valence-electron chi connectivity index (χ3n) is 3.51. The van der Waals surface area contributed by atoms with Gasteiger partial charge in [-0.1, -0.05) is 28.9 Å². The van der Waals surface area contributed by atoms with Crippen LogP contribution in [0.5, 0.6) is 0 Å². The van der Waals surface area contributed by atoms with Gasteiger partial charge >= 0.3 is 0 Å². The zero-order valence-corrected chi connectivity index (χ0v) is 12.6. The molecule has 0 aliphatic carbocycles. The fourth-order valence-electron chi connectivity index (χ4n) is 2.38. The van der Waals surface area contributed by atoms with E-state index < -0.39 is 0 Å². The molecular formula is C16H20N2O2. The molecule has 0 fully saturated rings. The van der Waals surface area contributed by atoms with Crippen molar-refractivity contribution in [2.45, 2.75) is 40.7 Å². The predicted octanol–water partition coefficient (Wildman–Crippen LogP) is 3.40. The van der Waals surface area contributed by atoms with Crippen LogP contribution in [0.25, 0.3) is 0 Å². The Bertz CT molecular complexity index is 624. The number of carbonyl (C=O) groups is 1. The Labute approximate surface area is 119 Å². The first-order valence-corrected chi connectivity index (χ1v) is 6.71. The van der Waals surface area contributed by atoms with E-state index in [1.807, 2.05) is 20.8 Å². The van der Waals surface area contributed by atoms with Gasteiger partial charge in [-0.2, -0.15) is 0 Å². The first-order valence-electron chi connectivity index (χ1n) is 6.71. The van der Waals surface area contributed by atoms with Gasteiger partial charge in [0.05, 0.1) is 11.7 Å². The highest BCUT2D eigenvalue weighted by molar-refractivity contribution is 5.96. The van der Waals surface area contributed by atoms with Crippen molar-refractivity contribution in [3.8, 4) is 0 Å². The summed E-state index contributed by atoms with van der Waals surface area (Å²) in [6, 6.07) is 6.19. The fourth-order valence-corrected chi connectivity index (χ4v) is 2.38. The normalized spacial score (nSPS) is 12.2. The maximum absolute atomic E-state index is 12.3. The molecule has 0 saturated carbocycles. The quantitative estimate of drug-likeness (QED) is 0.931. The largest absolute Gasteiger partial charge is 0.361 e. The molecule has 1 atom stereocenters. The minimum atomic E-state index is -0.144. The lowest BCUT2D eigenvalue weighted by atomic mass is 9.99. The predicted molar refractivity (Wildman–Crippen MR) is 77.8 cm³/mol. The third kappa shape index (κ3) is 2.74. The average Bonchev–Trinajstić information content (AvgIpc) is 2.71. The zero-order valence-electron chi connectivity index (χ0n) is 12.6. The van der Waals surface area contributed by atoms with Gasteiger partial charge in [0.25, 0.3) is 5.91 Å². The Morgan fingerprint density at radius 1 is 1.25 bits per heavy atom. The van der Waals surface area contributed by atoms with Crippen LogP contribution in [0.15, 0.2) is 22.7 Å². The molecule has 0 radical (unpaired) electrons. The monoisotopic (exact) mass is 272 g/mol. The molecule has 2 aromatic rings. The number of nitrogens with zero attached hydrogens (tertiary/aromatic N) is 1. The summed E-state index contributed by atoms with van der Waals surface area (Å²) in [7, 11) is 0. The van der Waals surface area contributed by atoms with Crippen molar-refractivity contribution in [2.24, 2.45) is 0 Å². The molecule has 20 heavy (non-hydrogen) atoms. The van der Waals surface area contributed by atoms with Gasteiger partial charge in [-0.3, -0.25) is 4.79 Å². The Kier molecular flexibility index (Phi) is 3.93. The smallest absolute Gasteiger partial charge is 0.257 e. The zero-order chi connectivity index (χ0) is 14.9. The van der Waals surface area contributed by atoms with Crippen LogP contribution in [0.1, 0.15) is 51.5 Å². The molecule has 0 aliphatic rings. The number of aromatic nitrogens is 1. The Morgan fingerprint density at radius 2 is 1.95 bits per heavy atom. The highest BCUT2D eigenvalue weighted by Gasteiger charge is 2.20. The summed E-state index contributed by atoms with van der Waals surface area (Å²) in [5, 5.41) is 6.82. The summed E-state index contributed by atoms with van der Waals surface area (Å²) < 4.78 is 5.04. The van der Waals surface area contributed by atoms with E-state index in [4.69, 9.17) is 4.52 Å². The number of amides is 1. The van der Waals surface area contributed by atoms with E-state index in [0.717, 1.165) is 5.56 Å². The van der Waals surface area contributed by atoms with E-state index in [-0.39, 0.29) is 11.9 Å². The maximum atomic E-state index is 12.3. The molecule has 1 unspecified atom stereocenters.